The molecular weight excluding hydrogens is 1010 g/mol. The van der Waals surface area contributed by atoms with Gasteiger partial charge in [0.15, 0.2) is 0 Å². The van der Waals surface area contributed by atoms with Gasteiger partial charge >= 0.3 is 5.97 Å². The van der Waals surface area contributed by atoms with Crippen molar-refractivity contribution in [2.45, 2.75) is 437 Å². The van der Waals surface area contributed by atoms with E-state index in [1.807, 2.05) is 6.08 Å². The molecule has 0 rings (SSSR count). The number of hydrogen-bond acceptors (Lipinski definition) is 5. The van der Waals surface area contributed by atoms with Crippen LogP contribution in [0, 0.1) is 0 Å². The van der Waals surface area contributed by atoms with E-state index in [-0.39, 0.29) is 18.5 Å². The lowest BCUT2D eigenvalue weighted by Crippen LogP contribution is -2.45. The van der Waals surface area contributed by atoms with Gasteiger partial charge in [-0.1, -0.05) is 378 Å². The smallest absolute Gasteiger partial charge is 0.305 e. The first-order valence-electron chi connectivity index (χ1n) is 37.6. The maximum atomic E-state index is 12.5. The average molecular weight is 1160 g/mol. The van der Waals surface area contributed by atoms with Crippen molar-refractivity contribution >= 4 is 11.9 Å². The number of carbonyl (C=O) groups is 2. The van der Waals surface area contributed by atoms with Crippen LogP contribution in [0.2, 0.25) is 0 Å². The van der Waals surface area contributed by atoms with Gasteiger partial charge in [-0.3, -0.25) is 9.59 Å². The minimum Gasteiger partial charge on any atom is -0.466 e. The Labute approximate surface area is 513 Å². The summed E-state index contributed by atoms with van der Waals surface area (Å²) in [6, 6.07) is -0.626. The maximum absolute atomic E-state index is 12.5. The lowest BCUT2D eigenvalue weighted by atomic mass is 10.0. The number of amides is 1. The predicted molar refractivity (Wildman–Crippen MR) is 361 cm³/mol. The molecule has 0 aromatic heterocycles. The highest BCUT2D eigenvalue weighted by molar-refractivity contribution is 5.76. The van der Waals surface area contributed by atoms with Gasteiger partial charge < -0.3 is 20.3 Å². The minimum atomic E-state index is -0.842. The molecule has 6 nitrogen and oxygen atoms in total. The molecule has 1 amide bonds. The quantitative estimate of drug-likeness (QED) is 0.0320. The third kappa shape index (κ3) is 67.5. The molecule has 0 fully saturated rings. The van der Waals surface area contributed by atoms with E-state index in [1.54, 1.807) is 6.08 Å². The molecule has 486 valence electrons. The largest absolute Gasteiger partial charge is 0.466 e. The zero-order valence-electron chi connectivity index (χ0n) is 55.8. The first-order chi connectivity index (χ1) is 40.5. The minimum absolute atomic E-state index is 0.0227. The molecule has 0 aromatic rings. The fraction of sp³-hybridized carbons (Fsp3) is 0.921. The number of esters is 1. The Hall–Kier alpha value is -1.66. The van der Waals surface area contributed by atoms with Crippen molar-refractivity contribution in [1.29, 1.82) is 0 Å². The molecule has 3 N–H and O–H groups in total. The number of unbranched alkanes of at least 4 members (excludes halogenated alkanes) is 58. The van der Waals surface area contributed by atoms with E-state index in [0.29, 0.717) is 19.4 Å². The van der Waals surface area contributed by atoms with Crippen molar-refractivity contribution in [2.75, 3.05) is 13.2 Å². The zero-order valence-corrected chi connectivity index (χ0v) is 55.8. The van der Waals surface area contributed by atoms with Crippen LogP contribution >= 0.6 is 0 Å². The van der Waals surface area contributed by atoms with Gasteiger partial charge in [0.1, 0.15) is 0 Å². The van der Waals surface area contributed by atoms with Gasteiger partial charge in [0.2, 0.25) is 5.91 Å². The summed E-state index contributed by atoms with van der Waals surface area (Å²) in [4.78, 5) is 24.6. The first-order valence-corrected chi connectivity index (χ1v) is 37.6. The van der Waals surface area contributed by atoms with Crippen LogP contribution in [0.15, 0.2) is 24.3 Å². The fourth-order valence-electron chi connectivity index (χ4n) is 12.0. The number of rotatable bonds is 71. The second kappa shape index (κ2) is 71.8. The number of aliphatic hydroxyl groups is 2. The van der Waals surface area contributed by atoms with E-state index < -0.39 is 12.1 Å². The first kappa shape index (κ1) is 80.3. The molecule has 0 bridgehead atoms. The van der Waals surface area contributed by atoms with Crippen LogP contribution in [0.5, 0.6) is 0 Å². The summed E-state index contributed by atoms with van der Waals surface area (Å²) in [5, 5.41) is 23.2. The second-order valence-corrected chi connectivity index (χ2v) is 26.0. The number of aliphatic hydroxyl groups excluding tert-OH is 2. The predicted octanol–water partition coefficient (Wildman–Crippen LogP) is 24.5. The number of nitrogens with one attached hydrogen (secondary N) is 1. The van der Waals surface area contributed by atoms with Crippen molar-refractivity contribution in [3.05, 3.63) is 24.3 Å². The SMILES string of the molecule is CCCCCCCCCCCCCCCC/C=C/C(O)C(CO)NC(=O)CCCCCCCCCCCCCCCCCC/C=C\CCCCCCCCCCCCCCOC(=O)CCCCCCCCCCCCCCCCCCC. The number of ether oxygens (including phenoxy) is 1. The lowest BCUT2D eigenvalue weighted by Gasteiger charge is -2.20. The monoisotopic (exact) mass is 1150 g/mol. The summed E-state index contributed by atoms with van der Waals surface area (Å²) in [6.07, 6.45) is 91.4. The summed E-state index contributed by atoms with van der Waals surface area (Å²) in [5.41, 5.74) is 0. The van der Waals surface area contributed by atoms with Crippen molar-refractivity contribution in [3.63, 3.8) is 0 Å². The Bertz CT molecular complexity index is 1280. The molecule has 6 heteroatoms. The maximum Gasteiger partial charge on any atom is 0.305 e. The number of hydrogen-bond donors (Lipinski definition) is 3. The van der Waals surface area contributed by atoms with Crippen LogP contribution in [0.4, 0.5) is 0 Å². The zero-order chi connectivity index (χ0) is 59.2. The van der Waals surface area contributed by atoms with E-state index in [0.717, 1.165) is 38.5 Å². The van der Waals surface area contributed by atoms with E-state index in [2.05, 4.69) is 31.3 Å². The Morgan fingerprint density at radius 1 is 0.329 bits per heavy atom. The molecule has 0 aliphatic carbocycles. The van der Waals surface area contributed by atoms with Gasteiger partial charge in [-0.05, 0) is 57.8 Å². The molecule has 0 saturated carbocycles. The molecular formula is C76H147NO5. The Balaban J connectivity index is 3.35. The molecule has 0 aliphatic heterocycles. The van der Waals surface area contributed by atoms with Gasteiger partial charge in [0.25, 0.3) is 0 Å². The van der Waals surface area contributed by atoms with Crippen LogP contribution < -0.4 is 5.32 Å². The van der Waals surface area contributed by atoms with Gasteiger partial charge in [-0.2, -0.15) is 0 Å². The summed E-state index contributed by atoms with van der Waals surface area (Å²) < 4.78 is 5.51. The third-order valence-electron chi connectivity index (χ3n) is 17.7. The van der Waals surface area contributed by atoms with E-state index >= 15 is 0 Å². The van der Waals surface area contributed by atoms with Crippen LogP contribution in [0.25, 0.3) is 0 Å². The highest BCUT2D eigenvalue weighted by Gasteiger charge is 2.18. The van der Waals surface area contributed by atoms with Crippen molar-refractivity contribution in [3.8, 4) is 0 Å². The van der Waals surface area contributed by atoms with Crippen molar-refractivity contribution in [2.24, 2.45) is 0 Å². The van der Waals surface area contributed by atoms with Gasteiger partial charge in [-0.25, -0.2) is 0 Å². The highest BCUT2D eigenvalue weighted by atomic mass is 16.5. The molecule has 2 unspecified atom stereocenters. The second-order valence-electron chi connectivity index (χ2n) is 26.0. The van der Waals surface area contributed by atoms with Crippen molar-refractivity contribution < 1.29 is 24.5 Å². The van der Waals surface area contributed by atoms with Crippen LogP contribution in [0.1, 0.15) is 425 Å². The Morgan fingerprint density at radius 3 is 0.866 bits per heavy atom. The Morgan fingerprint density at radius 2 is 0.573 bits per heavy atom. The number of allylic oxidation sites excluding steroid dienone is 3. The molecule has 0 aliphatic rings. The molecule has 0 radical (unpaired) electrons. The summed E-state index contributed by atoms with van der Waals surface area (Å²) in [5.74, 6) is -0.0394. The van der Waals surface area contributed by atoms with E-state index in [1.165, 1.54) is 360 Å². The normalized spacial score (nSPS) is 12.6. The topological polar surface area (TPSA) is 95.9 Å². The van der Waals surface area contributed by atoms with Gasteiger partial charge in [-0.15, -0.1) is 0 Å². The molecule has 0 spiro atoms. The molecule has 82 heavy (non-hydrogen) atoms. The highest BCUT2D eigenvalue weighted by Crippen LogP contribution is 2.19. The van der Waals surface area contributed by atoms with E-state index in [4.69, 9.17) is 4.74 Å². The summed E-state index contributed by atoms with van der Waals surface area (Å²) in [6.45, 7) is 4.95. The fourth-order valence-corrected chi connectivity index (χ4v) is 12.0. The Kier molecular flexibility index (Phi) is 70.4. The van der Waals surface area contributed by atoms with Gasteiger partial charge in [0.05, 0.1) is 25.4 Å². The van der Waals surface area contributed by atoms with Crippen LogP contribution in [-0.4, -0.2) is 47.4 Å². The molecule has 0 heterocycles. The number of carbonyl (C=O) groups excluding carboxylic acids is 2. The molecule has 2 atom stereocenters. The van der Waals surface area contributed by atoms with Crippen LogP contribution in [-0.2, 0) is 14.3 Å². The summed E-state index contributed by atoms with van der Waals surface area (Å²) in [7, 11) is 0. The standard InChI is InChI=1S/C76H147NO5/c1-3-5-7-9-11-13-15-17-19-37-42-46-50-54-58-62-66-70-76(81)82-71-67-63-59-55-51-47-43-39-36-34-32-30-28-26-24-22-21-23-25-27-29-31-33-35-38-41-45-49-53-57-61-65-69-75(80)77-73(72-78)74(79)68-64-60-56-52-48-44-40-20-18-16-14-12-10-8-6-4-2/h24,26,64,68,73-74,78-79H,3-23,25,27-63,65-67,69-72H2,1-2H3,(H,77,80)/b26-24-,68-64+. The van der Waals surface area contributed by atoms with E-state index in [9.17, 15) is 19.8 Å². The van der Waals surface area contributed by atoms with Crippen molar-refractivity contribution in [1.82, 2.24) is 5.32 Å². The third-order valence-corrected chi connectivity index (χ3v) is 17.7. The summed E-state index contributed by atoms with van der Waals surface area (Å²) >= 11 is 0. The van der Waals surface area contributed by atoms with Gasteiger partial charge in [0, 0.05) is 12.8 Å². The molecule has 0 aromatic carbocycles. The van der Waals surface area contributed by atoms with Crippen LogP contribution in [0.3, 0.4) is 0 Å². The molecule has 0 saturated heterocycles. The lowest BCUT2D eigenvalue weighted by molar-refractivity contribution is -0.143. The average Bonchev–Trinajstić information content (AvgIpc) is 3.48.